The van der Waals surface area contributed by atoms with Gasteiger partial charge in [0.05, 0.1) is 22.1 Å². The average molecular weight is 416 g/mol. The zero-order valence-corrected chi connectivity index (χ0v) is 17.4. The molecule has 0 unspecified atom stereocenters. The topological polar surface area (TPSA) is 66.8 Å². The number of hydrogen-bond donors (Lipinski definition) is 1. The monoisotopic (exact) mass is 415 g/mol. The van der Waals surface area contributed by atoms with Gasteiger partial charge in [0.15, 0.2) is 5.13 Å². The first-order valence-electron chi connectivity index (χ1n) is 9.90. The van der Waals surface area contributed by atoms with Gasteiger partial charge in [0, 0.05) is 42.6 Å². The van der Waals surface area contributed by atoms with Crippen molar-refractivity contribution in [2.75, 3.05) is 11.4 Å². The van der Waals surface area contributed by atoms with E-state index in [1.165, 1.54) is 0 Å². The molecule has 30 heavy (non-hydrogen) atoms. The van der Waals surface area contributed by atoms with Crippen LogP contribution in [0.3, 0.4) is 0 Å². The van der Waals surface area contributed by atoms with E-state index in [2.05, 4.69) is 29.0 Å². The number of para-hydroxylation sites is 2. The number of nitrogens with one attached hydrogen (secondary N) is 1. The van der Waals surface area contributed by atoms with E-state index in [4.69, 9.17) is 4.98 Å². The van der Waals surface area contributed by atoms with E-state index in [-0.39, 0.29) is 5.91 Å². The van der Waals surface area contributed by atoms with Crippen molar-refractivity contribution in [1.29, 1.82) is 0 Å². The van der Waals surface area contributed by atoms with Gasteiger partial charge in [0.25, 0.3) is 5.91 Å². The summed E-state index contributed by atoms with van der Waals surface area (Å²) in [6.45, 7) is 3.42. The largest absolute Gasteiger partial charge is 0.360 e. The summed E-state index contributed by atoms with van der Waals surface area (Å²) in [5, 5.41) is 1.67. The first kappa shape index (κ1) is 18.6. The molecule has 0 radical (unpaired) electrons. The minimum absolute atomic E-state index is 0.0326. The number of anilines is 1. The van der Waals surface area contributed by atoms with Crippen molar-refractivity contribution in [2.45, 2.75) is 19.9 Å². The van der Waals surface area contributed by atoms with Crippen LogP contribution >= 0.6 is 11.3 Å². The lowest BCUT2D eigenvalue weighted by molar-refractivity contribution is 0.0988. The number of hydrogen-bond acceptors (Lipinski definition) is 4. The number of carbonyl (C=O) groups excluding carboxylic acids is 1. The Morgan fingerprint density at radius 2 is 2.10 bits per heavy atom. The summed E-state index contributed by atoms with van der Waals surface area (Å²) in [5.74, 6) is -0.0326. The number of carbonyl (C=O) groups is 1. The number of H-pyrrole nitrogens is 1. The fourth-order valence-corrected chi connectivity index (χ4v) is 4.77. The predicted molar refractivity (Wildman–Crippen MR) is 121 cm³/mol. The van der Waals surface area contributed by atoms with Crippen LogP contribution < -0.4 is 4.90 Å². The van der Waals surface area contributed by atoms with Gasteiger partial charge in [0.1, 0.15) is 0 Å². The zero-order valence-electron chi connectivity index (χ0n) is 16.6. The van der Waals surface area contributed by atoms with Crippen molar-refractivity contribution < 1.29 is 4.79 Å². The Morgan fingerprint density at radius 1 is 1.20 bits per heavy atom. The highest BCUT2D eigenvalue weighted by Gasteiger charge is 2.23. The van der Waals surface area contributed by atoms with Gasteiger partial charge < -0.3 is 9.55 Å². The highest BCUT2D eigenvalue weighted by Crippen LogP contribution is 2.32. The van der Waals surface area contributed by atoms with Crippen LogP contribution in [0, 0.1) is 6.92 Å². The smallest absolute Gasteiger partial charge is 0.262 e. The van der Waals surface area contributed by atoms with Crippen LogP contribution in [0.15, 0.2) is 67.4 Å². The summed E-state index contributed by atoms with van der Waals surface area (Å²) in [6.07, 6.45) is 8.11. The maximum atomic E-state index is 13.6. The number of aryl methyl sites for hydroxylation is 2. The average Bonchev–Trinajstić information content (AvgIpc) is 3.50. The Labute approximate surface area is 177 Å². The molecule has 2 aromatic carbocycles. The summed E-state index contributed by atoms with van der Waals surface area (Å²) < 4.78 is 3.12. The maximum Gasteiger partial charge on any atom is 0.262 e. The molecule has 5 aromatic rings. The number of aromatic nitrogens is 4. The zero-order chi connectivity index (χ0) is 20.5. The Balaban J connectivity index is 1.51. The molecule has 0 spiro atoms. The molecule has 6 nitrogen and oxygen atoms in total. The summed E-state index contributed by atoms with van der Waals surface area (Å²) >= 11 is 1.56. The summed E-state index contributed by atoms with van der Waals surface area (Å²) in [4.78, 5) is 27.6. The third kappa shape index (κ3) is 3.37. The lowest BCUT2D eigenvalue weighted by Gasteiger charge is -2.19. The van der Waals surface area contributed by atoms with E-state index in [1.807, 2.05) is 46.0 Å². The van der Waals surface area contributed by atoms with Crippen molar-refractivity contribution in [3.05, 3.63) is 78.5 Å². The second-order valence-electron chi connectivity index (χ2n) is 7.28. The molecule has 3 heterocycles. The molecule has 0 atom stereocenters. The molecule has 0 aliphatic rings. The van der Waals surface area contributed by atoms with Gasteiger partial charge in [-0.3, -0.25) is 9.69 Å². The third-order valence-corrected chi connectivity index (χ3v) is 6.31. The number of nitrogens with zero attached hydrogens (tertiary/aromatic N) is 4. The number of imidazole rings is 1. The van der Waals surface area contributed by atoms with Gasteiger partial charge in [-0.2, -0.15) is 0 Å². The molecule has 1 N–H and O–H groups in total. The van der Waals surface area contributed by atoms with Crippen LogP contribution in [0.25, 0.3) is 21.1 Å². The van der Waals surface area contributed by atoms with Gasteiger partial charge in [0.2, 0.25) is 0 Å². The summed E-state index contributed by atoms with van der Waals surface area (Å²) in [7, 11) is 0. The second-order valence-corrected chi connectivity index (χ2v) is 8.29. The fourth-order valence-electron chi connectivity index (χ4n) is 3.70. The molecule has 0 saturated heterocycles. The van der Waals surface area contributed by atoms with Gasteiger partial charge in [-0.05, 0) is 31.0 Å². The van der Waals surface area contributed by atoms with Crippen LogP contribution in [0.2, 0.25) is 0 Å². The fraction of sp³-hybridized carbons (Fsp3) is 0.174. The highest BCUT2D eigenvalue weighted by molar-refractivity contribution is 7.22. The number of aromatic amines is 1. The summed E-state index contributed by atoms with van der Waals surface area (Å²) in [6, 6.07) is 14.0. The van der Waals surface area contributed by atoms with Crippen molar-refractivity contribution in [2.24, 2.45) is 0 Å². The Hall–Kier alpha value is -3.45. The van der Waals surface area contributed by atoms with Gasteiger partial charge in [-0.25, -0.2) is 9.97 Å². The molecule has 1 amide bonds. The first-order chi connectivity index (χ1) is 14.7. The molecule has 0 bridgehead atoms. The van der Waals surface area contributed by atoms with Gasteiger partial charge in [-0.15, -0.1) is 0 Å². The lowest BCUT2D eigenvalue weighted by atomic mass is 10.1. The van der Waals surface area contributed by atoms with E-state index in [9.17, 15) is 4.79 Å². The van der Waals surface area contributed by atoms with Crippen LogP contribution in [0.1, 0.15) is 22.3 Å². The normalized spacial score (nSPS) is 11.4. The third-order valence-electron chi connectivity index (χ3n) is 5.26. The summed E-state index contributed by atoms with van der Waals surface area (Å²) in [5.41, 5.74) is 3.71. The molecular formula is C23H21N5OS. The Kier molecular flexibility index (Phi) is 4.80. The Bertz CT molecular complexity index is 1320. The van der Waals surface area contributed by atoms with Crippen LogP contribution in [0.5, 0.6) is 0 Å². The van der Waals surface area contributed by atoms with E-state index >= 15 is 0 Å². The van der Waals surface area contributed by atoms with Crippen molar-refractivity contribution >= 4 is 43.5 Å². The number of thiazole rings is 1. The molecule has 0 aliphatic carbocycles. The van der Waals surface area contributed by atoms with E-state index in [1.54, 1.807) is 30.1 Å². The number of fused-ring (bicyclic) bond motifs is 2. The van der Waals surface area contributed by atoms with Crippen LogP contribution in [-0.4, -0.2) is 32.0 Å². The van der Waals surface area contributed by atoms with Gasteiger partial charge >= 0.3 is 0 Å². The minimum Gasteiger partial charge on any atom is -0.360 e. The van der Waals surface area contributed by atoms with E-state index < -0.39 is 0 Å². The molecule has 3 aromatic heterocycles. The minimum atomic E-state index is -0.0326. The quantitative estimate of drug-likeness (QED) is 0.423. The second kappa shape index (κ2) is 7.76. The molecule has 7 heteroatoms. The number of benzene rings is 2. The van der Waals surface area contributed by atoms with Gasteiger partial charge in [-0.1, -0.05) is 41.7 Å². The number of rotatable bonds is 6. The molecule has 5 rings (SSSR count). The molecular weight excluding hydrogens is 394 g/mol. The SMILES string of the molecule is Cc1cccc2sc(N(CCCn3ccnc3)C(=O)c3c[nH]c4ccccc34)nc12. The highest BCUT2D eigenvalue weighted by atomic mass is 32.1. The first-order valence-corrected chi connectivity index (χ1v) is 10.7. The predicted octanol–water partition coefficient (Wildman–Crippen LogP) is 5.02. The number of amides is 1. The van der Waals surface area contributed by atoms with E-state index in [0.29, 0.717) is 12.1 Å². The standard InChI is InChI=1S/C23H21N5OS/c1-16-6-4-9-20-21(16)26-23(30-20)28(12-5-11-27-13-10-24-15-27)22(29)18-14-25-19-8-3-2-7-17(18)19/h2-4,6-10,13-15,25H,5,11-12H2,1H3. The van der Waals surface area contributed by atoms with Crippen molar-refractivity contribution in [1.82, 2.24) is 19.5 Å². The molecule has 0 fully saturated rings. The maximum absolute atomic E-state index is 13.6. The van der Waals surface area contributed by atoms with Crippen LogP contribution in [0.4, 0.5) is 5.13 Å². The van der Waals surface area contributed by atoms with Crippen LogP contribution in [-0.2, 0) is 6.54 Å². The molecule has 0 saturated carbocycles. The van der Waals surface area contributed by atoms with E-state index in [0.717, 1.165) is 44.8 Å². The lowest BCUT2D eigenvalue weighted by Crippen LogP contribution is -2.32. The molecule has 150 valence electrons. The Morgan fingerprint density at radius 3 is 2.93 bits per heavy atom. The van der Waals surface area contributed by atoms with Crippen molar-refractivity contribution in [3.63, 3.8) is 0 Å². The van der Waals surface area contributed by atoms with Crippen molar-refractivity contribution in [3.8, 4) is 0 Å². The molecule has 0 aliphatic heterocycles.